The molecule has 0 fully saturated rings. The predicted octanol–water partition coefficient (Wildman–Crippen LogP) is 4.92. The van der Waals surface area contributed by atoms with Crippen molar-refractivity contribution in [1.29, 1.82) is 0 Å². The van der Waals surface area contributed by atoms with Crippen LogP contribution in [0.3, 0.4) is 0 Å². The molecule has 0 radical (unpaired) electrons. The molecule has 0 heterocycles. The molecule has 0 nitrogen and oxygen atoms in total. The molecule has 1 atom stereocenters. The molecule has 0 aliphatic rings. The van der Waals surface area contributed by atoms with Crippen molar-refractivity contribution < 1.29 is 22.0 Å². The number of rotatable bonds is 4. The summed E-state index contributed by atoms with van der Waals surface area (Å²) in [5, 5.41) is 0. The molecule has 0 aromatic heterocycles. The van der Waals surface area contributed by atoms with Gasteiger partial charge in [-0.3, -0.25) is 0 Å². The van der Waals surface area contributed by atoms with Gasteiger partial charge in [0.05, 0.1) is 0 Å². The molecule has 0 aliphatic heterocycles. The van der Waals surface area contributed by atoms with Crippen molar-refractivity contribution in [3.05, 3.63) is 34.6 Å². The summed E-state index contributed by atoms with van der Waals surface area (Å²) in [5.41, 5.74) is -0.692. The Kier molecular flexibility index (Phi) is 4.71. The smallest absolute Gasteiger partial charge is 0.200 e. The molecule has 1 unspecified atom stereocenters. The zero-order valence-corrected chi connectivity index (χ0v) is 10.5. The van der Waals surface area contributed by atoms with Gasteiger partial charge in [0.15, 0.2) is 23.3 Å². The third kappa shape index (κ3) is 2.65. The van der Waals surface area contributed by atoms with Gasteiger partial charge in [-0.15, -0.1) is 0 Å². The molecule has 0 aliphatic carbocycles. The Morgan fingerprint density at radius 3 is 1.50 bits per heavy atom. The van der Waals surface area contributed by atoms with Crippen molar-refractivity contribution in [3.8, 4) is 0 Å². The van der Waals surface area contributed by atoms with Gasteiger partial charge in [0.2, 0.25) is 5.82 Å². The molecule has 0 saturated heterocycles. The van der Waals surface area contributed by atoms with Crippen LogP contribution >= 0.6 is 0 Å². The average molecular weight is 266 g/mol. The lowest BCUT2D eigenvalue weighted by Gasteiger charge is -2.19. The molecule has 18 heavy (non-hydrogen) atoms. The SMILES string of the molecule is CCC(CC(C)C)c1c(F)c(F)c(F)c(F)c1F. The molecule has 1 aromatic carbocycles. The monoisotopic (exact) mass is 266 g/mol. The molecule has 0 saturated carbocycles. The fourth-order valence-electron chi connectivity index (χ4n) is 2.04. The molecule has 102 valence electrons. The van der Waals surface area contributed by atoms with Gasteiger partial charge in [-0.25, -0.2) is 22.0 Å². The molecular weight excluding hydrogens is 251 g/mol. The zero-order valence-electron chi connectivity index (χ0n) is 10.5. The van der Waals surface area contributed by atoms with Crippen LogP contribution in [0.1, 0.15) is 45.1 Å². The maximum atomic E-state index is 13.6. The highest BCUT2D eigenvalue weighted by Gasteiger charge is 2.29. The van der Waals surface area contributed by atoms with E-state index in [1.807, 2.05) is 13.8 Å². The highest BCUT2D eigenvalue weighted by Crippen LogP contribution is 2.34. The Bertz CT molecular complexity index is 410. The molecule has 0 N–H and O–H groups in total. The first-order chi connectivity index (χ1) is 8.31. The van der Waals surface area contributed by atoms with Crippen molar-refractivity contribution in [2.24, 2.45) is 5.92 Å². The molecule has 0 amide bonds. The average Bonchev–Trinajstić information content (AvgIpc) is 2.32. The summed E-state index contributed by atoms with van der Waals surface area (Å²) in [6, 6.07) is 0. The maximum Gasteiger partial charge on any atom is 0.200 e. The standard InChI is InChI=1S/C13H15F5/c1-4-7(5-6(2)3)8-9(14)11(16)13(18)12(17)10(8)15/h6-7H,4-5H2,1-3H3. The Balaban J connectivity index is 3.39. The van der Waals surface area contributed by atoms with Crippen LogP contribution in [-0.4, -0.2) is 0 Å². The fourth-order valence-corrected chi connectivity index (χ4v) is 2.04. The van der Waals surface area contributed by atoms with E-state index in [0.717, 1.165) is 0 Å². The van der Waals surface area contributed by atoms with E-state index in [1.54, 1.807) is 6.92 Å². The number of halogens is 5. The highest BCUT2D eigenvalue weighted by molar-refractivity contribution is 5.27. The van der Waals surface area contributed by atoms with Crippen LogP contribution in [0.25, 0.3) is 0 Å². The summed E-state index contributed by atoms with van der Waals surface area (Å²) in [6.07, 6.45) is 0.686. The van der Waals surface area contributed by atoms with Crippen LogP contribution in [0, 0.1) is 35.0 Å². The lowest BCUT2D eigenvalue weighted by Crippen LogP contribution is -2.12. The molecule has 5 heteroatoms. The maximum absolute atomic E-state index is 13.6. The minimum Gasteiger partial charge on any atom is -0.203 e. The summed E-state index contributed by atoms with van der Waals surface area (Å²) in [7, 11) is 0. The van der Waals surface area contributed by atoms with Gasteiger partial charge in [0.25, 0.3) is 0 Å². The van der Waals surface area contributed by atoms with Gasteiger partial charge < -0.3 is 0 Å². The second kappa shape index (κ2) is 5.67. The first-order valence-electron chi connectivity index (χ1n) is 5.82. The minimum absolute atomic E-state index is 0.102. The minimum atomic E-state index is -2.10. The Morgan fingerprint density at radius 2 is 1.17 bits per heavy atom. The second-order valence-electron chi connectivity index (χ2n) is 4.72. The van der Waals surface area contributed by atoms with Crippen LogP contribution in [0.5, 0.6) is 0 Å². The Morgan fingerprint density at radius 1 is 0.778 bits per heavy atom. The third-order valence-corrected chi connectivity index (χ3v) is 2.90. The van der Waals surface area contributed by atoms with Gasteiger partial charge in [0, 0.05) is 5.56 Å². The second-order valence-corrected chi connectivity index (χ2v) is 4.72. The number of benzene rings is 1. The quantitative estimate of drug-likeness (QED) is 0.412. The molecular formula is C13H15F5. The summed E-state index contributed by atoms with van der Waals surface area (Å²) < 4.78 is 66.2. The van der Waals surface area contributed by atoms with Gasteiger partial charge in [-0.05, 0) is 24.7 Å². The third-order valence-electron chi connectivity index (χ3n) is 2.90. The topological polar surface area (TPSA) is 0 Å². The van der Waals surface area contributed by atoms with Crippen molar-refractivity contribution >= 4 is 0 Å². The van der Waals surface area contributed by atoms with E-state index in [-0.39, 0.29) is 5.92 Å². The van der Waals surface area contributed by atoms with Gasteiger partial charge >= 0.3 is 0 Å². The molecule has 0 bridgehead atoms. The van der Waals surface area contributed by atoms with E-state index in [1.165, 1.54) is 0 Å². The van der Waals surface area contributed by atoms with E-state index in [9.17, 15) is 22.0 Å². The Hall–Kier alpha value is -1.13. The summed E-state index contributed by atoms with van der Waals surface area (Å²) in [6.45, 7) is 5.31. The van der Waals surface area contributed by atoms with Crippen LogP contribution in [0.2, 0.25) is 0 Å². The predicted molar refractivity (Wildman–Crippen MR) is 58.7 cm³/mol. The zero-order chi connectivity index (χ0) is 14.0. The normalized spacial score (nSPS) is 13.2. The van der Waals surface area contributed by atoms with Crippen LogP contribution in [-0.2, 0) is 0 Å². The van der Waals surface area contributed by atoms with Crippen molar-refractivity contribution in [1.82, 2.24) is 0 Å². The molecule has 1 rings (SSSR count). The van der Waals surface area contributed by atoms with Crippen molar-refractivity contribution in [3.63, 3.8) is 0 Å². The summed E-state index contributed by atoms with van der Waals surface area (Å²) >= 11 is 0. The largest absolute Gasteiger partial charge is 0.203 e. The number of hydrogen-bond acceptors (Lipinski definition) is 0. The van der Waals surface area contributed by atoms with Gasteiger partial charge in [-0.1, -0.05) is 20.8 Å². The summed E-state index contributed by atoms with van der Waals surface area (Å²) in [4.78, 5) is 0. The summed E-state index contributed by atoms with van der Waals surface area (Å²) in [5.74, 6) is -9.83. The van der Waals surface area contributed by atoms with E-state index in [4.69, 9.17) is 0 Å². The van der Waals surface area contributed by atoms with Gasteiger partial charge in [-0.2, -0.15) is 0 Å². The molecule has 1 aromatic rings. The lowest BCUT2D eigenvalue weighted by molar-refractivity contribution is 0.354. The lowest BCUT2D eigenvalue weighted by atomic mass is 9.87. The van der Waals surface area contributed by atoms with Gasteiger partial charge in [0.1, 0.15) is 0 Å². The highest BCUT2D eigenvalue weighted by atomic mass is 19.2. The van der Waals surface area contributed by atoms with E-state index in [2.05, 4.69) is 0 Å². The molecule has 0 spiro atoms. The number of hydrogen-bond donors (Lipinski definition) is 0. The fraction of sp³-hybridized carbons (Fsp3) is 0.538. The van der Waals surface area contributed by atoms with Crippen LogP contribution in [0.4, 0.5) is 22.0 Å². The van der Waals surface area contributed by atoms with Crippen molar-refractivity contribution in [2.75, 3.05) is 0 Å². The van der Waals surface area contributed by atoms with E-state index < -0.39 is 40.6 Å². The Labute approximate surface area is 103 Å². The first-order valence-corrected chi connectivity index (χ1v) is 5.82. The van der Waals surface area contributed by atoms with Crippen LogP contribution < -0.4 is 0 Å². The van der Waals surface area contributed by atoms with Crippen molar-refractivity contribution in [2.45, 2.75) is 39.5 Å². The first kappa shape index (κ1) is 14.9. The van der Waals surface area contributed by atoms with E-state index in [0.29, 0.717) is 12.8 Å². The van der Waals surface area contributed by atoms with Crippen LogP contribution in [0.15, 0.2) is 0 Å². The van der Waals surface area contributed by atoms with E-state index >= 15 is 0 Å².